The van der Waals surface area contributed by atoms with Crippen LogP contribution in [-0.2, 0) is 6.42 Å². The molecular weight excluding hydrogens is 240 g/mol. The zero-order chi connectivity index (χ0) is 14.7. The lowest BCUT2D eigenvalue weighted by Gasteiger charge is -2.13. The van der Waals surface area contributed by atoms with Crippen LogP contribution in [0.2, 0.25) is 0 Å². The maximum atomic E-state index is 4.03. The van der Waals surface area contributed by atoms with Crippen LogP contribution in [0, 0.1) is 13.8 Å². The van der Waals surface area contributed by atoms with Gasteiger partial charge in [0.05, 0.1) is 0 Å². The Morgan fingerprint density at radius 2 is 1.90 bits per heavy atom. The molecule has 0 heterocycles. The van der Waals surface area contributed by atoms with Gasteiger partial charge >= 0.3 is 0 Å². The molecule has 0 radical (unpaired) electrons. The summed E-state index contributed by atoms with van der Waals surface area (Å²) in [6.07, 6.45) is 2.87. The Bertz CT molecular complexity index is 660. The summed E-state index contributed by atoms with van der Waals surface area (Å²) >= 11 is 0. The minimum atomic E-state index is 0.911. The largest absolute Gasteiger partial charge is 0.103 e. The molecule has 0 saturated carbocycles. The van der Waals surface area contributed by atoms with Crippen molar-refractivity contribution >= 4 is 5.57 Å². The predicted molar refractivity (Wildman–Crippen MR) is 90.0 cm³/mol. The van der Waals surface area contributed by atoms with Crippen LogP contribution in [0.1, 0.15) is 29.2 Å². The minimum absolute atomic E-state index is 0.911. The fourth-order valence-electron chi connectivity index (χ4n) is 2.47. The highest BCUT2D eigenvalue weighted by Gasteiger charge is 2.07. The number of aryl methyl sites for hydroxylation is 1. The van der Waals surface area contributed by atoms with Crippen molar-refractivity contribution in [2.75, 3.05) is 0 Å². The molecule has 0 unspecified atom stereocenters. The second kappa shape index (κ2) is 5.92. The molecule has 2 aromatic rings. The average molecular weight is 262 g/mol. The number of allylic oxidation sites excluding steroid dienone is 2. The molecule has 0 fully saturated rings. The van der Waals surface area contributed by atoms with Gasteiger partial charge in [0.2, 0.25) is 0 Å². The van der Waals surface area contributed by atoms with Gasteiger partial charge in [-0.1, -0.05) is 48.6 Å². The molecule has 0 aromatic heterocycles. The molecule has 0 spiro atoms. The van der Waals surface area contributed by atoms with E-state index in [0.717, 1.165) is 12.0 Å². The highest BCUT2D eigenvalue weighted by molar-refractivity contribution is 5.74. The SMILES string of the molecule is C=CCc1cc(C)c(C)c(-c2cccc(C(=C)C)c2)c1. The molecular formula is C20H22. The first-order valence-electron chi connectivity index (χ1n) is 7.00. The van der Waals surface area contributed by atoms with Crippen LogP contribution >= 0.6 is 0 Å². The van der Waals surface area contributed by atoms with Crippen molar-refractivity contribution in [1.29, 1.82) is 0 Å². The lowest BCUT2D eigenvalue weighted by Crippen LogP contribution is -1.92. The van der Waals surface area contributed by atoms with E-state index in [4.69, 9.17) is 0 Å². The summed E-state index contributed by atoms with van der Waals surface area (Å²) in [6, 6.07) is 13.1. The van der Waals surface area contributed by atoms with Gasteiger partial charge in [-0.3, -0.25) is 0 Å². The Hall–Kier alpha value is -2.08. The zero-order valence-electron chi connectivity index (χ0n) is 12.7. The summed E-state index contributed by atoms with van der Waals surface area (Å²) in [5.74, 6) is 0. The van der Waals surface area contributed by atoms with E-state index in [-0.39, 0.29) is 0 Å². The Morgan fingerprint density at radius 1 is 1.15 bits per heavy atom. The van der Waals surface area contributed by atoms with Crippen LogP contribution in [0.5, 0.6) is 0 Å². The van der Waals surface area contributed by atoms with Gasteiger partial charge in [0.1, 0.15) is 0 Å². The average Bonchev–Trinajstić information content (AvgIpc) is 2.43. The van der Waals surface area contributed by atoms with Gasteiger partial charge in [0.15, 0.2) is 0 Å². The maximum Gasteiger partial charge on any atom is -0.00998 e. The summed E-state index contributed by atoms with van der Waals surface area (Å²) in [7, 11) is 0. The monoisotopic (exact) mass is 262 g/mol. The molecule has 2 rings (SSSR count). The van der Waals surface area contributed by atoms with E-state index in [1.807, 2.05) is 13.0 Å². The molecule has 102 valence electrons. The van der Waals surface area contributed by atoms with Crippen molar-refractivity contribution in [3.8, 4) is 11.1 Å². The summed E-state index contributed by atoms with van der Waals surface area (Å²) in [4.78, 5) is 0. The van der Waals surface area contributed by atoms with Crippen molar-refractivity contribution in [2.24, 2.45) is 0 Å². The van der Waals surface area contributed by atoms with Crippen LogP contribution in [0.4, 0.5) is 0 Å². The third-order valence-corrected chi connectivity index (χ3v) is 3.77. The quantitative estimate of drug-likeness (QED) is 0.617. The van der Waals surface area contributed by atoms with Crippen molar-refractivity contribution in [2.45, 2.75) is 27.2 Å². The fourth-order valence-corrected chi connectivity index (χ4v) is 2.47. The summed E-state index contributed by atoms with van der Waals surface area (Å²) in [6.45, 7) is 14.3. The van der Waals surface area contributed by atoms with Crippen LogP contribution < -0.4 is 0 Å². The standard InChI is InChI=1S/C20H22/c1-6-8-17-11-15(4)16(5)20(12-17)19-10-7-9-18(13-19)14(2)3/h6-7,9-13H,1-2,8H2,3-5H3. The second-order valence-electron chi connectivity index (χ2n) is 5.44. The third kappa shape index (κ3) is 2.91. The molecule has 0 aliphatic rings. The van der Waals surface area contributed by atoms with Gasteiger partial charge in [0, 0.05) is 0 Å². The lowest BCUT2D eigenvalue weighted by molar-refractivity contribution is 1.23. The molecule has 20 heavy (non-hydrogen) atoms. The number of hydrogen-bond acceptors (Lipinski definition) is 0. The molecule has 0 saturated heterocycles. The summed E-state index contributed by atoms with van der Waals surface area (Å²) < 4.78 is 0. The Kier molecular flexibility index (Phi) is 4.24. The van der Waals surface area contributed by atoms with E-state index in [2.05, 4.69) is 63.4 Å². The van der Waals surface area contributed by atoms with Crippen LogP contribution in [0.3, 0.4) is 0 Å². The molecule has 0 aliphatic carbocycles. The van der Waals surface area contributed by atoms with Gasteiger partial charge < -0.3 is 0 Å². The van der Waals surface area contributed by atoms with E-state index < -0.39 is 0 Å². The first-order chi connectivity index (χ1) is 9.52. The van der Waals surface area contributed by atoms with Gasteiger partial charge in [0.25, 0.3) is 0 Å². The summed E-state index contributed by atoms with van der Waals surface area (Å²) in [5, 5.41) is 0. The van der Waals surface area contributed by atoms with Gasteiger partial charge in [-0.15, -0.1) is 6.58 Å². The predicted octanol–water partition coefficient (Wildman–Crippen LogP) is 5.73. The molecule has 0 atom stereocenters. The Morgan fingerprint density at radius 3 is 2.55 bits per heavy atom. The molecule has 2 aromatic carbocycles. The minimum Gasteiger partial charge on any atom is -0.103 e. The van der Waals surface area contributed by atoms with Crippen molar-refractivity contribution < 1.29 is 0 Å². The van der Waals surface area contributed by atoms with Crippen LogP contribution in [0.15, 0.2) is 55.6 Å². The summed E-state index contributed by atoms with van der Waals surface area (Å²) in [5.41, 5.74) is 8.87. The zero-order valence-corrected chi connectivity index (χ0v) is 12.7. The smallest absolute Gasteiger partial charge is 0.00998 e. The molecule has 0 bridgehead atoms. The Labute approximate surface area is 122 Å². The van der Waals surface area contributed by atoms with Crippen molar-refractivity contribution in [1.82, 2.24) is 0 Å². The topological polar surface area (TPSA) is 0 Å². The van der Waals surface area contributed by atoms with Gasteiger partial charge in [-0.05, 0) is 66.6 Å². The maximum absolute atomic E-state index is 4.03. The van der Waals surface area contributed by atoms with E-state index in [1.165, 1.54) is 33.4 Å². The normalized spacial score (nSPS) is 10.3. The lowest BCUT2D eigenvalue weighted by atomic mass is 9.92. The van der Waals surface area contributed by atoms with E-state index >= 15 is 0 Å². The van der Waals surface area contributed by atoms with E-state index in [9.17, 15) is 0 Å². The van der Waals surface area contributed by atoms with Gasteiger partial charge in [-0.2, -0.15) is 0 Å². The van der Waals surface area contributed by atoms with E-state index in [0.29, 0.717) is 0 Å². The molecule has 0 heteroatoms. The third-order valence-electron chi connectivity index (χ3n) is 3.77. The number of rotatable bonds is 4. The highest BCUT2D eigenvalue weighted by Crippen LogP contribution is 2.29. The highest BCUT2D eigenvalue weighted by atomic mass is 14.1. The number of benzene rings is 2. The second-order valence-corrected chi connectivity index (χ2v) is 5.44. The molecule has 0 aliphatic heterocycles. The van der Waals surface area contributed by atoms with Crippen molar-refractivity contribution in [3.63, 3.8) is 0 Å². The van der Waals surface area contributed by atoms with E-state index in [1.54, 1.807) is 0 Å². The number of hydrogen-bond donors (Lipinski definition) is 0. The van der Waals surface area contributed by atoms with Crippen molar-refractivity contribution in [3.05, 3.63) is 77.9 Å². The molecule has 0 N–H and O–H groups in total. The molecule has 0 amide bonds. The van der Waals surface area contributed by atoms with Gasteiger partial charge in [-0.25, -0.2) is 0 Å². The van der Waals surface area contributed by atoms with Crippen LogP contribution in [0.25, 0.3) is 16.7 Å². The first-order valence-corrected chi connectivity index (χ1v) is 7.00. The van der Waals surface area contributed by atoms with Crippen LogP contribution in [-0.4, -0.2) is 0 Å². The molecule has 0 nitrogen and oxygen atoms in total. The fraction of sp³-hybridized carbons (Fsp3) is 0.200. The first kappa shape index (κ1) is 14.3. The Balaban J connectivity index is 2.59.